The molecule has 2 aliphatic heterocycles. The van der Waals surface area contributed by atoms with Crippen molar-refractivity contribution in [3.05, 3.63) is 150 Å². The monoisotopic (exact) mass is 637 g/mol. The fourth-order valence-electron chi connectivity index (χ4n) is 7.24. The fraction of sp³-hybridized carbons (Fsp3) is 0.156. The van der Waals surface area contributed by atoms with Crippen LogP contribution in [-0.2, 0) is 0 Å². The van der Waals surface area contributed by atoms with Crippen LogP contribution in [0.2, 0.25) is 0 Å². The molecule has 0 amide bonds. The minimum atomic E-state index is 0.0121. The zero-order valence-electron chi connectivity index (χ0n) is 28.8. The summed E-state index contributed by atoms with van der Waals surface area (Å²) in [5, 5.41) is 2.39. The van der Waals surface area contributed by atoms with E-state index in [2.05, 4.69) is 161 Å². The second-order valence-corrected chi connectivity index (χ2v) is 13.9. The smallest absolute Gasteiger partial charge is 0.260 e. The number of fused-ring (bicyclic) bond motifs is 5. The average Bonchev–Trinajstić information content (AvgIpc) is 3.11. The molecule has 8 rings (SSSR count). The number of rotatable bonds is 7. The largest absolute Gasteiger partial charge is 0.458 e. The highest BCUT2D eigenvalue weighted by molar-refractivity contribution is 6.98. The van der Waals surface area contributed by atoms with Gasteiger partial charge in [0.05, 0.1) is 5.69 Å². The average molecular weight is 638 g/mol. The van der Waals surface area contributed by atoms with Crippen LogP contribution in [0.1, 0.15) is 61.8 Å². The van der Waals surface area contributed by atoms with E-state index in [4.69, 9.17) is 9.47 Å². The van der Waals surface area contributed by atoms with E-state index in [9.17, 15) is 0 Å². The van der Waals surface area contributed by atoms with E-state index < -0.39 is 0 Å². The topological polar surface area (TPSA) is 21.7 Å². The summed E-state index contributed by atoms with van der Waals surface area (Å²) in [7, 11) is 0. The molecule has 0 fully saturated rings. The SMILES string of the molecule is C=C/C=C\c1cc(N(c2cc3c4c(c2)Oc2cc(C(C)C)ccc2B4c2ccc(C(C)C)cc2O3)c2ccc3ccccc3c2)ccc1C. The van der Waals surface area contributed by atoms with Crippen molar-refractivity contribution in [2.75, 3.05) is 4.90 Å². The Bertz CT molecular complexity index is 2220. The summed E-state index contributed by atoms with van der Waals surface area (Å²) in [4.78, 5) is 2.32. The first-order valence-corrected chi connectivity index (χ1v) is 17.3. The third kappa shape index (κ3) is 5.42. The number of hydrogen-bond acceptors (Lipinski definition) is 3. The van der Waals surface area contributed by atoms with Gasteiger partial charge in [0, 0.05) is 29.0 Å². The minimum Gasteiger partial charge on any atom is -0.458 e. The van der Waals surface area contributed by atoms with Gasteiger partial charge in [0.1, 0.15) is 23.0 Å². The van der Waals surface area contributed by atoms with E-state index in [1.165, 1.54) is 38.4 Å². The lowest BCUT2D eigenvalue weighted by Gasteiger charge is -2.35. The molecule has 0 saturated heterocycles. The summed E-state index contributed by atoms with van der Waals surface area (Å²) in [5.74, 6) is 4.27. The second-order valence-electron chi connectivity index (χ2n) is 13.9. The first-order valence-electron chi connectivity index (χ1n) is 17.3. The van der Waals surface area contributed by atoms with Crippen LogP contribution in [0.3, 0.4) is 0 Å². The highest BCUT2D eigenvalue weighted by atomic mass is 16.5. The molecule has 0 N–H and O–H groups in total. The van der Waals surface area contributed by atoms with E-state index in [-0.39, 0.29) is 6.71 Å². The Morgan fingerprint density at radius 2 is 1.20 bits per heavy atom. The summed E-state index contributed by atoms with van der Waals surface area (Å²) < 4.78 is 13.8. The second kappa shape index (κ2) is 12.2. The van der Waals surface area contributed by atoms with Gasteiger partial charge in [-0.25, -0.2) is 0 Å². The molecule has 0 radical (unpaired) electrons. The Kier molecular flexibility index (Phi) is 7.68. The molecule has 6 aromatic rings. The maximum atomic E-state index is 6.89. The number of hydrogen-bond donors (Lipinski definition) is 0. The molecular formula is C45H40BNO2. The predicted octanol–water partition coefficient (Wildman–Crippen LogP) is 10.8. The summed E-state index contributed by atoms with van der Waals surface area (Å²) >= 11 is 0. The Morgan fingerprint density at radius 3 is 1.82 bits per heavy atom. The van der Waals surface area contributed by atoms with Gasteiger partial charge in [-0.1, -0.05) is 113 Å². The zero-order valence-corrected chi connectivity index (χ0v) is 28.8. The third-order valence-corrected chi connectivity index (χ3v) is 10.0. The summed E-state index contributed by atoms with van der Waals surface area (Å²) in [6, 6.07) is 39.7. The van der Waals surface area contributed by atoms with Crippen molar-refractivity contribution in [2.45, 2.75) is 46.5 Å². The first-order chi connectivity index (χ1) is 23.8. The molecule has 0 saturated carbocycles. The Hall–Kier alpha value is -5.48. The Morgan fingerprint density at radius 1 is 0.612 bits per heavy atom. The van der Waals surface area contributed by atoms with Crippen molar-refractivity contribution in [2.24, 2.45) is 0 Å². The molecule has 0 unspecified atom stereocenters. The van der Waals surface area contributed by atoms with Gasteiger partial charge in [-0.2, -0.15) is 0 Å². The van der Waals surface area contributed by atoms with Crippen molar-refractivity contribution < 1.29 is 9.47 Å². The number of nitrogens with zero attached hydrogens (tertiary/aromatic N) is 1. The van der Waals surface area contributed by atoms with Crippen LogP contribution in [0.25, 0.3) is 16.8 Å². The molecule has 3 nitrogen and oxygen atoms in total. The van der Waals surface area contributed by atoms with Gasteiger partial charge < -0.3 is 14.4 Å². The van der Waals surface area contributed by atoms with Crippen molar-refractivity contribution in [1.29, 1.82) is 0 Å². The molecular weight excluding hydrogens is 597 g/mol. The predicted molar refractivity (Wildman–Crippen MR) is 208 cm³/mol. The quantitative estimate of drug-likeness (QED) is 0.128. The van der Waals surface area contributed by atoms with Gasteiger partial charge in [0.15, 0.2) is 0 Å². The van der Waals surface area contributed by atoms with E-state index in [1.807, 2.05) is 12.2 Å². The van der Waals surface area contributed by atoms with Crippen LogP contribution < -0.4 is 30.8 Å². The highest BCUT2D eigenvalue weighted by Crippen LogP contribution is 2.44. The highest BCUT2D eigenvalue weighted by Gasteiger charge is 2.41. The molecule has 2 heterocycles. The molecule has 0 aliphatic carbocycles. The minimum absolute atomic E-state index is 0.0121. The van der Waals surface area contributed by atoms with E-state index >= 15 is 0 Å². The van der Waals surface area contributed by atoms with Gasteiger partial charge in [-0.05, 0) is 99.1 Å². The van der Waals surface area contributed by atoms with E-state index in [0.29, 0.717) is 11.8 Å². The van der Waals surface area contributed by atoms with Crippen LogP contribution in [0.15, 0.2) is 128 Å². The van der Waals surface area contributed by atoms with Gasteiger partial charge in [0.25, 0.3) is 6.71 Å². The maximum absolute atomic E-state index is 6.89. The van der Waals surface area contributed by atoms with Crippen LogP contribution in [0, 0.1) is 6.92 Å². The molecule has 0 spiro atoms. The third-order valence-electron chi connectivity index (χ3n) is 10.0. The van der Waals surface area contributed by atoms with Gasteiger partial charge in [-0.15, -0.1) is 0 Å². The van der Waals surface area contributed by atoms with Crippen molar-refractivity contribution >= 4 is 57.0 Å². The van der Waals surface area contributed by atoms with Crippen LogP contribution in [-0.4, -0.2) is 6.71 Å². The molecule has 0 atom stereocenters. The van der Waals surface area contributed by atoms with E-state index in [1.54, 1.807) is 0 Å². The summed E-state index contributed by atoms with van der Waals surface area (Å²) in [5.41, 5.74) is 11.4. The lowest BCUT2D eigenvalue weighted by molar-refractivity contribution is 0.464. The van der Waals surface area contributed by atoms with Crippen molar-refractivity contribution in [3.63, 3.8) is 0 Å². The number of allylic oxidation sites excluding steroid dienone is 2. The molecule has 2 aliphatic rings. The summed E-state index contributed by atoms with van der Waals surface area (Å²) in [6.07, 6.45) is 5.92. The van der Waals surface area contributed by atoms with Gasteiger partial charge in [0.2, 0.25) is 0 Å². The number of aryl methyl sites for hydroxylation is 1. The molecule has 4 heteroatoms. The standard InChI is InChI=1S/C45H40BNO2/c1-7-8-11-34-22-36(18-14-30(34)6)47(37-19-15-31-12-9-10-13-35(31)23-37)38-26-43-45-44(27-38)49-42-25-33(29(4)5)17-21-40(42)46(45)39-20-16-32(28(2)3)24-41(39)48-43/h7-29H,1H2,2-6H3/b11-8-. The van der Waals surface area contributed by atoms with E-state index in [0.717, 1.165) is 51.1 Å². The molecule has 49 heavy (non-hydrogen) atoms. The lowest BCUT2D eigenvalue weighted by Crippen LogP contribution is -2.57. The van der Waals surface area contributed by atoms with Crippen LogP contribution in [0.4, 0.5) is 17.1 Å². The van der Waals surface area contributed by atoms with Crippen LogP contribution in [0.5, 0.6) is 23.0 Å². The normalized spacial score (nSPS) is 12.8. The maximum Gasteiger partial charge on any atom is 0.260 e. The van der Waals surface area contributed by atoms with Gasteiger partial charge in [-0.3, -0.25) is 0 Å². The van der Waals surface area contributed by atoms with Gasteiger partial charge >= 0.3 is 0 Å². The molecule has 0 bridgehead atoms. The van der Waals surface area contributed by atoms with Crippen molar-refractivity contribution in [3.8, 4) is 23.0 Å². The molecule has 6 aromatic carbocycles. The summed E-state index contributed by atoms with van der Waals surface area (Å²) in [6.45, 7) is 15.0. The van der Waals surface area contributed by atoms with Crippen molar-refractivity contribution in [1.82, 2.24) is 0 Å². The molecule has 0 aromatic heterocycles. The Balaban J connectivity index is 1.37. The van der Waals surface area contributed by atoms with Crippen LogP contribution >= 0.6 is 0 Å². The zero-order chi connectivity index (χ0) is 33.8. The number of benzene rings is 6. The molecule has 240 valence electrons. The lowest BCUT2D eigenvalue weighted by atomic mass is 9.34. The fourth-order valence-corrected chi connectivity index (χ4v) is 7.24. The Labute approximate surface area is 290 Å². The number of ether oxygens (including phenoxy) is 2. The number of anilines is 3. The first kappa shape index (κ1) is 30.8.